The minimum Gasteiger partial charge on any atom is -0.481 e. The lowest BCUT2D eigenvalue weighted by Gasteiger charge is -2.15. The van der Waals surface area contributed by atoms with Crippen LogP contribution in [0.5, 0.6) is 5.75 Å². The number of anilines is 2. The Morgan fingerprint density at radius 2 is 1.50 bits per heavy atom. The average molecular weight is 395 g/mol. The molecule has 6 heteroatoms. The van der Waals surface area contributed by atoms with Gasteiger partial charge < -0.3 is 15.4 Å². The summed E-state index contributed by atoms with van der Waals surface area (Å²) in [5.74, 6) is 0.0561. The minimum absolute atomic E-state index is 0.280. The molecule has 0 aliphatic rings. The Hall–Kier alpha value is -3.31. The van der Waals surface area contributed by atoms with E-state index in [1.165, 1.54) is 0 Å². The van der Waals surface area contributed by atoms with E-state index in [9.17, 15) is 9.59 Å². The van der Waals surface area contributed by atoms with E-state index in [2.05, 4.69) is 10.6 Å². The van der Waals surface area contributed by atoms with Gasteiger partial charge in [-0.15, -0.1) is 0 Å². The van der Waals surface area contributed by atoms with Gasteiger partial charge in [-0.1, -0.05) is 41.9 Å². The molecular formula is C22H19ClN2O3. The molecule has 0 fully saturated rings. The molecule has 0 spiro atoms. The lowest BCUT2D eigenvalue weighted by Crippen LogP contribution is -2.30. The molecule has 0 heterocycles. The van der Waals surface area contributed by atoms with Crippen LogP contribution in [0.2, 0.25) is 5.02 Å². The molecule has 142 valence electrons. The molecule has 2 N–H and O–H groups in total. The highest BCUT2D eigenvalue weighted by Crippen LogP contribution is 2.21. The molecule has 0 saturated carbocycles. The van der Waals surface area contributed by atoms with E-state index in [-0.39, 0.29) is 11.8 Å². The first-order valence-corrected chi connectivity index (χ1v) is 9.09. The number of ether oxygens (including phenoxy) is 1. The van der Waals surface area contributed by atoms with Crippen LogP contribution in [-0.4, -0.2) is 17.9 Å². The molecule has 28 heavy (non-hydrogen) atoms. The molecule has 2 amide bonds. The summed E-state index contributed by atoms with van der Waals surface area (Å²) in [5, 5.41) is 5.99. The first-order valence-electron chi connectivity index (χ1n) is 8.71. The van der Waals surface area contributed by atoms with Crippen LogP contribution in [0.25, 0.3) is 0 Å². The van der Waals surface area contributed by atoms with Crippen molar-refractivity contribution in [3.8, 4) is 5.75 Å². The van der Waals surface area contributed by atoms with Crippen LogP contribution >= 0.6 is 11.6 Å². The smallest absolute Gasteiger partial charge is 0.265 e. The van der Waals surface area contributed by atoms with Crippen LogP contribution in [0.15, 0.2) is 78.9 Å². The molecule has 3 rings (SSSR count). The molecule has 3 aromatic rings. The predicted octanol–water partition coefficient (Wildman–Crippen LogP) is 5.00. The van der Waals surface area contributed by atoms with E-state index in [4.69, 9.17) is 16.3 Å². The van der Waals surface area contributed by atoms with Crippen LogP contribution in [0.1, 0.15) is 17.3 Å². The maximum Gasteiger partial charge on any atom is 0.265 e. The number of para-hydroxylation sites is 2. The predicted molar refractivity (Wildman–Crippen MR) is 111 cm³/mol. The van der Waals surface area contributed by atoms with E-state index in [1.807, 2.05) is 18.2 Å². The molecule has 5 nitrogen and oxygen atoms in total. The highest BCUT2D eigenvalue weighted by molar-refractivity contribution is 6.33. The van der Waals surface area contributed by atoms with Gasteiger partial charge in [0.25, 0.3) is 11.8 Å². The number of carbonyl (C=O) groups is 2. The fraction of sp³-hybridized carbons (Fsp3) is 0.0909. The Kier molecular flexibility index (Phi) is 6.29. The molecule has 0 radical (unpaired) electrons. The van der Waals surface area contributed by atoms with Gasteiger partial charge in [-0.2, -0.15) is 0 Å². The zero-order valence-corrected chi connectivity index (χ0v) is 15.9. The topological polar surface area (TPSA) is 67.4 Å². The molecule has 1 atom stereocenters. The molecule has 0 aliphatic carbocycles. The van der Waals surface area contributed by atoms with Gasteiger partial charge >= 0.3 is 0 Å². The maximum absolute atomic E-state index is 12.3. The van der Waals surface area contributed by atoms with E-state index >= 15 is 0 Å². The summed E-state index contributed by atoms with van der Waals surface area (Å²) in [6.45, 7) is 1.67. The Balaban J connectivity index is 1.58. The van der Waals surface area contributed by atoms with Crippen molar-refractivity contribution in [2.45, 2.75) is 13.0 Å². The van der Waals surface area contributed by atoms with Crippen molar-refractivity contribution in [3.05, 3.63) is 89.4 Å². The summed E-state index contributed by atoms with van der Waals surface area (Å²) in [7, 11) is 0. The van der Waals surface area contributed by atoms with Gasteiger partial charge in [-0.05, 0) is 55.5 Å². The van der Waals surface area contributed by atoms with Crippen LogP contribution in [0.3, 0.4) is 0 Å². The second-order valence-corrected chi connectivity index (χ2v) is 6.48. The fourth-order valence-corrected chi connectivity index (χ4v) is 2.65. The van der Waals surface area contributed by atoms with E-state index < -0.39 is 6.10 Å². The molecule has 3 aromatic carbocycles. The zero-order chi connectivity index (χ0) is 19.9. The molecule has 0 aromatic heterocycles. The quantitative estimate of drug-likeness (QED) is 0.618. The summed E-state index contributed by atoms with van der Waals surface area (Å²) < 4.78 is 5.60. The summed E-state index contributed by atoms with van der Waals surface area (Å²) in [5.41, 5.74) is 1.56. The molecule has 0 unspecified atom stereocenters. The van der Waals surface area contributed by atoms with Gasteiger partial charge in [0.15, 0.2) is 6.10 Å². The maximum atomic E-state index is 12.3. The minimum atomic E-state index is -0.661. The van der Waals surface area contributed by atoms with Crippen LogP contribution in [0.4, 0.5) is 11.4 Å². The van der Waals surface area contributed by atoms with Gasteiger partial charge in [-0.3, -0.25) is 9.59 Å². The third-order valence-electron chi connectivity index (χ3n) is 3.96. The molecule has 0 bridgehead atoms. The number of rotatable bonds is 6. The van der Waals surface area contributed by atoms with Gasteiger partial charge in [-0.25, -0.2) is 0 Å². The Morgan fingerprint density at radius 3 is 2.18 bits per heavy atom. The summed E-state index contributed by atoms with van der Waals surface area (Å²) in [6, 6.07) is 22.7. The lowest BCUT2D eigenvalue weighted by molar-refractivity contribution is -0.122. The normalized spacial score (nSPS) is 11.4. The standard InChI is InChI=1S/C22H19ClN2O3/c1-15(28-18-7-3-2-4-8-18)21(26)24-17-13-11-16(12-14-17)22(27)25-20-10-6-5-9-19(20)23/h2-15H,1H3,(H,24,26)(H,25,27)/t15-/m1/s1. The molecular weight excluding hydrogens is 376 g/mol. The second-order valence-electron chi connectivity index (χ2n) is 6.07. The average Bonchev–Trinajstić information content (AvgIpc) is 2.71. The van der Waals surface area contributed by atoms with Crippen molar-refractivity contribution < 1.29 is 14.3 Å². The fourth-order valence-electron chi connectivity index (χ4n) is 2.46. The van der Waals surface area contributed by atoms with Crippen molar-refractivity contribution in [1.82, 2.24) is 0 Å². The monoisotopic (exact) mass is 394 g/mol. The van der Waals surface area contributed by atoms with Crippen molar-refractivity contribution in [1.29, 1.82) is 0 Å². The van der Waals surface area contributed by atoms with E-state index in [0.717, 1.165) is 0 Å². The van der Waals surface area contributed by atoms with Crippen LogP contribution in [0, 0.1) is 0 Å². The van der Waals surface area contributed by atoms with Gasteiger partial charge in [0.2, 0.25) is 0 Å². The first-order chi connectivity index (χ1) is 13.5. The number of hydrogen-bond acceptors (Lipinski definition) is 3. The van der Waals surface area contributed by atoms with Gasteiger partial charge in [0, 0.05) is 11.3 Å². The van der Waals surface area contributed by atoms with Crippen molar-refractivity contribution in [2.75, 3.05) is 10.6 Å². The number of benzene rings is 3. The van der Waals surface area contributed by atoms with Crippen LogP contribution in [-0.2, 0) is 4.79 Å². The lowest BCUT2D eigenvalue weighted by atomic mass is 10.2. The zero-order valence-electron chi connectivity index (χ0n) is 15.2. The number of nitrogens with one attached hydrogen (secondary N) is 2. The van der Waals surface area contributed by atoms with Gasteiger partial charge in [0.05, 0.1) is 10.7 Å². The highest BCUT2D eigenvalue weighted by atomic mass is 35.5. The number of amides is 2. The first kappa shape index (κ1) is 19.5. The van der Waals surface area contributed by atoms with E-state index in [1.54, 1.807) is 67.6 Å². The number of carbonyl (C=O) groups excluding carboxylic acids is 2. The van der Waals surface area contributed by atoms with Crippen LogP contribution < -0.4 is 15.4 Å². The summed E-state index contributed by atoms with van der Waals surface area (Å²) in [6.07, 6.45) is -0.661. The Labute approximate surface area is 168 Å². The van der Waals surface area contributed by atoms with E-state index in [0.29, 0.717) is 27.7 Å². The summed E-state index contributed by atoms with van der Waals surface area (Å²) in [4.78, 5) is 24.6. The number of halogens is 1. The second kappa shape index (κ2) is 9.06. The summed E-state index contributed by atoms with van der Waals surface area (Å²) >= 11 is 6.05. The SMILES string of the molecule is C[C@@H](Oc1ccccc1)C(=O)Nc1ccc(C(=O)Nc2ccccc2Cl)cc1. The molecule has 0 aliphatic heterocycles. The Bertz CT molecular complexity index is 959. The highest BCUT2D eigenvalue weighted by Gasteiger charge is 2.15. The van der Waals surface area contributed by atoms with Crippen molar-refractivity contribution in [3.63, 3.8) is 0 Å². The van der Waals surface area contributed by atoms with Crippen molar-refractivity contribution >= 4 is 34.8 Å². The third-order valence-corrected chi connectivity index (χ3v) is 4.29. The number of hydrogen-bond donors (Lipinski definition) is 2. The van der Waals surface area contributed by atoms with Crippen molar-refractivity contribution in [2.24, 2.45) is 0 Å². The molecule has 0 saturated heterocycles. The third kappa shape index (κ3) is 5.11. The largest absolute Gasteiger partial charge is 0.481 e. The van der Waals surface area contributed by atoms with Gasteiger partial charge in [0.1, 0.15) is 5.75 Å². The Morgan fingerprint density at radius 1 is 0.857 bits per heavy atom.